The van der Waals surface area contributed by atoms with Gasteiger partial charge in [0, 0.05) is 13.1 Å². The van der Waals surface area contributed by atoms with Crippen molar-refractivity contribution in [1.82, 2.24) is 10.2 Å². The molecule has 1 N–H and O–H groups in total. The maximum atomic E-state index is 13.2. The van der Waals surface area contributed by atoms with Crippen LogP contribution in [0.1, 0.15) is 10.4 Å². The summed E-state index contributed by atoms with van der Waals surface area (Å²) in [6.07, 6.45) is 0. The summed E-state index contributed by atoms with van der Waals surface area (Å²) < 4.78 is 18.8. The van der Waals surface area contributed by atoms with Gasteiger partial charge in [0.05, 0.1) is 23.2 Å². The van der Waals surface area contributed by atoms with Gasteiger partial charge in [-0.15, -0.1) is 0 Å². The van der Waals surface area contributed by atoms with E-state index in [9.17, 15) is 9.18 Å². The first-order valence-electron chi connectivity index (χ1n) is 5.97. The molecule has 1 rings (SSSR count). The van der Waals surface area contributed by atoms with Crippen molar-refractivity contribution in [2.24, 2.45) is 0 Å². The Morgan fingerprint density at radius 1 is 1.42 bits per heavy atom. The van der Waals surface area contributed by atoms with Gasteiger partial charge in [0.15, 0.2) is 0 Å². The van der Waals surface area contributed by atoms with Gasteiger partial charge in [-0.25, -0.2) is 4.39 Å². The molecule has 0 heterocycles. The van der Waals surface area contributed by atoms with Gasteiger partial charge < -0.3 is 15.0 Å². The zero-order chi connectivity index (χ0) is 14.3. The Morgan fingerprint density at radius 2 is 2.16 bits per heavy atom. The summed E-state index contributed by atoms with van der Waals surface area (Å²) in [6, 6.07) is 4.36. The molecule has 0 aliphatic heterocycles. The number of benzene rings is 1. The summed E-state index contributed by atoms with van der Waals surface area (Å²) >= 11 is 3.06. The first-order valence-corrected chi connectivity index (χ1v) is 6.76. The smallest absolute Gasteiger partial charge is 0.252 e. The molecule has 19 heavy (non-hydrogen) atoms. The van der Waals surface area contributed by atoms with E-state index in [-0.39, 0.29) is 15.9 Å². The molecule has 0 fully saturated rings. The van der Waals surface area contributed by atoms with Crippen LogP contribution in [0.15, 0.2) is 22.7 Å². The van der Waals surface area contributed by atoms with E-state index in [4.69, 9.17) is 4.74 Å². The normalized spacial score (nSPS) is 10.8. The average Bonchev–Trinajstić information content (AvgIpc) is 2.36. The minimum absolute atomic E-state index is 0.182. The van der Waals surface area contributed by atoms with E-state index >= 15 is 0 Å². The zero-order valence-corrected chi connectivity index (χ0v) is 12.7. The summed E-state index contributed by atoms with van der Waals surface area (Å²) in [5.74, 6) is -0.766. The van der Waals surface area contributed by atoms with Crippen LogP contribution in [0.4, 0.5) is 4.39 Å². The van der Waals surface area contributed by atoms with Crippen molar-refractivity contribution < 1.29 is 13.9 Å². The van der Waals surface area contributed by atoms with Crippen LogP contribution in [0.5, 0.6) is 0 Å². The number of halogens is 2. The second-order valence-electron chi connectivity index (χ2n) is 4.27. The first-order chi connectivity index (χ1) is 9.02. The number of likely N-dealkylation sites (N-methyl/N-ethyl adjacent to an activating group) is 1. The third-order valence-electron chi connectivity index (χ3n) is 2.41. The van der Waals surface area contributed by atoms with Crippen LogP contribution in [-0.4, -0.2) is 51.2 Å². The highest BCUT2D eigenvalue weighted by Gasteiger charge is 2.12. The number of nitrogens with one attached hydrogen (secondary N) is 1. The van der Waals surface area contributed by atoms with Crippen molar-refractivity contribution in [2.45, 2.75) is 0 Å². The Kier molecular flexibility index (Phi) is 6.97. The molecular weight excluding hydrogens is 315 g/mol. The lowest BCUT2D eigenvalue weighted by Gasteiger charge is -2.10. The Labute approximate surface area is 121 Å². The minimum atomic E-state index is -0.449. The highest BCUT2D eigenvalue weighted by Crippen LogP contribution is 2.19. The van der Waals surface area contributed by atoms with Crippen LogP contribution in [0.3, 0.4) is 0 Å². The van der Waals surface area contributed by atoms with Gasteiger partial charge in [-0.2, -0.15) is 0 Å². The van der Waals surface area contributed by atoms with Gasteiger partial charge in [-0.05, 0) is 42.2 Å². The average molecular weight is 333 g/mol. The molecule has 0 spiro atoms. The van der Waals surface area contributed by atoms with E-state index < -0.39 is 5.82 Å². The molecule has 1 aromatic carbocycles. The van der Waals surface area contributed by atoms with Crippen molar-refractivity contribution in [2.75, 3.05) is 40.4 Å². The van der Waals surface area contributed by atoms with Crippen LogP contribution in [0, 0.1) is 5.82 Å². The number of rotatable bonds is 7. The Bertz CT molecular complexity index is 427. The van der Waals surface area contributed by atoms with Crippen LogP contribution < -0.4 is 5.32 Å². The predicted octanol–water partition coefficient (Wildman–Crippen LogP) is 1.90. The van der Waals surface area contributed by atoms with Crippen molar-refractivity contribution in [1.29, 1.82) is 0 Å². The molecule has 106 valence electrons. The molecule has 1 aromatic rings. The summed E-state index contributed by atoms with van der Waals surface area (Å²) in [5, 5.41) is 2.68. The molecule has 0 bridgehead atoms. The van der Waals surface area contributed by atoms with Crippen LogP contribution in [-0.2, 0) is 4.74 Å². The molecule has 6 heteroatoms. The standard InChI is InChI=1S/C13H18BrFN2O2/c1-17(2)7-9-19-8-6-16-13(18)10-4-3-5-11(15)12(10)14/h3-5H,6-9H2,1-2H3,(H,16,18). The molecule has 4 nitrogen and oxygen atoms in total. The molecule has 0 aliphatic carbocycles. The molecule has 0 saturated carbocycles. The van der Waals surface area contributed by atoms with Gasteiger partial charge in [-0.3, -0.25) is 4.79 Å². The number of hydrogen-bond acceptors (Lipinski definition) is 3. The topological polar surface area (TPSA) is 41.6 Å². The molecule has 0 radical (unpaired) electrons. The van der Waals surface area contributed by atoms with Gasteiger partial charge in [0.2, 0.25) is 0 Å². The quantitative estimate of drug-likeness (QED) is 0.775. The highest BCUT2D eigenvalue weighted by atomic mass is 79.9. The minimum Gasteiger partial charge on any atom is -0.378 e. The molecule has 1 amide bonds. The third kappa shape index (κ3) is 5.67. The van der Waals surface area contributed by atoms with E-state index in [1.807, 2.05) is 19.0 Å². The molecule has 0 unspecified atom stereocenters. The lowest BCUT2D eigenvalue weighted by Crippen LogP contribution is -2.28. The number of hydrogen-bond donors (Lipinski definition) is 1. The molecule has 0 atom stereocenters. The summed E-state index contributed by atoms with van der Waals surface area (Å²) in [7, 11) is 3.93. The zero-order valence-electron chi connectivity index (χ0n) is 11.1. The van der Waals surface area contributed by atoms with Gasteiger partial charge >= 0.3 is 0 Å². The van der Waals surface area contributed by atoms with Crippen LogP contribution >= 0.6 is 15.9 Å². The first kappa shape index (κ1) is 16.1. The Balaban J connectivity index is 2.30. The van der Waals surface area contributed by atoms with E-state index in [2.05, 4.69) is 21.2 Å². The largest absolute Gasteiger partial charge is 0.378 e. The number of nitrogens with zero attached hydrogens (tertiary/aromatic N) is 1. The van der Waals surface area contributed by atoms with E-state index in [0.29, 0.717) is 19.8 Å². The van der Waals surface area contributed by atoms with Crippen LogP contribution in [0.25, 0.3) is 0 Å². The molecule has 0 aromatic heterocycles. The van der Waals surface area contributed by atoms with Crippen molar-refractivity contribution >= 4 is 21.8 Å². The van der Waals surface area contributed by atoms with E-state index in [1.165, 1.54) is 12.1 Å². The van der Waals surface area contributed by atoms with Crippen LogP contribution in [0.2, 0.25) is 0 Å². The fourth-order valence-corrected chi connectivity index (χ4v) is 1.80. The number of amides is 1. The van der Waals surface area contributed by atoms with Crippen molar-refractivity contribution in [3.8, 4) is 0 Å². The van der Waals surface area contributed by atoms with Gasteiger partial charge in [-0.1, -0.05) is 6.07 Å². The summed E-state index contributed by atoms with van der Waals surface area (Å²) in [6.45, 7) is 2.29. The number of carbonyl (C=O) groups is 1. The number of ether oxygens (including phenoxy) is 1. The number of carbonyl (C=O) groups excluding carboxylic acids is 1. The van der Waals surface area contributed by atoms with E-state index in [0.717, 1.165) is 6.54 Å². The second-order valence-corrected chi connectivity index (χ2v) is 5.07. The lowest BCUT2D eigenvalue weighted by molar-refractivity contribution is 0.0899. The fourth-order valence-electron chi connectivity index (χ4n) is 1.36. The maximum absolute atomic E-state index is 13.2. The highest BCUT2D eigenvalue weighted by molar-refractivity contribution is 9.10. The predicted molar refractivity (Wildman–Crippen MR) is 75.8 cm³/mol. The van der Waals surface area contributed by atoms with Gasteiger partial charge in [0.25, 0.3) is 5.91 Å². The third-order valence-corrected chi connectivity index (χ3v) is 3.22. The monoisotopic (exact) mass is 332 g/mol. The Morgan fingerprint density at radius 3 is 2.84 bits per heavy atom. The fraction of sp³-hybridized carbons (Fsp3) is 0.462. The summed E-state index contributed by atoms with van der Waals surface area (Å²) in [5.41, 5.74) is 0.285. The van der Waals surface area contributed by atoms with Crippen molar-refractivity contribution in [3.63, 3.8) is 0 Å². The lowest BCUT2D eigenvalue weighted by atomic mass is 10.2. The van der Waals surface area contributed by atoms with E-state index in [1.54, 1.807) is 6.07 Å². The van der Waals surface area contributed by atoms with Gasteiger partial charge in [0.1, 0.15) is 5.82 Å². The van der Waals surface area contributed by atoms with Crippen molar-refractivity contribution in [3.05, 3.63) is 34.1 Å². The molecule has 0 saturated heterocycles. The summed E-state index contributed by atoms with van der Waals surface area (Å²) in [4.78, 5) is 13.8. The Hall–Kier alpha value is -0.980. The molecular formula is C13H18BrFN2O2. The second kappa shape index (κ2) is 8.24. The molecule has 0 aliphatic rings. The SMILES string of the molecule is CN(C)CCOCCNC(=O)c1cccc(F)c1Br. The maximum Gasteiger partial charge on any atom is 0.252 e.